The summed E-state index contributed by atoms with van der Waals surface area (Å²) in [4.78, 5) is 2.75. The van der Waals surface area contributed by atoms with E-state index in [4.69, 9.17) is 24.5 Å². The summed E-state index contributed by atoms with van der Waals surface area (Å²) < 4.78 is 21.5. The minimum absolute atomic E-state index is 0.381. The van der Waals surface area contributed by atoms with Crippen molar-refractivity contribution in [3.05, 3.63) is 76.7 Å². The van der Waals surface area contributed by atoms with Gasteiger partial charge in [0, 0.05) is 11.5 Å². The highest BCUT2D eigenvalue weighted by Gasteiger charge is 2.32. The van der Waals surface area contributed by atoms with Crippen LogP contribution in [0.5, 0.6) is 23.0 Å². The topological polar surface area (TPSA) is 106 Å². The molecule has 0 amide bonds. The lowest BCUT2D eigenvalue weighted by molar-refractivity contribution is 0.153. The molecule has 1 N–H and O–H groups in total. The van der Waals surface area contributed by atoms with Crippen molar-refractivity contribution in [1.82, 2.24) is 0 Å². The number of aliphatic hydroxyl groups is 1. The molecule has 8 heteroatoms. The molecule has 2 aromatic carbocycles. The molecule has 1 atom stereocenters. The van der Waals surface area contributed by atoms with Gasteiger partial charge in [-0.2, -0.15) is 0 Å². The van der Waals surface area contributed by atoms with E-state index in [0.29, 0.717) is 59.1 Å². The first kappa shape index (κ1) is 24.7. The van der Waals surface area contributed by atoms with Crippen LogP contribution < -0.4 is 18.9 Å². The van der Waals surface area contributed by atoms with Gasteiger partial charge in [-0.05, 0) is 65.4 Å². The molecule has 0 fully saturated rings. The second-order valence-corrected chi connectivity index (χ2v) is 6.88. The summed E-state index contributed by atoms with van der Waals surface area (Å²) >= 11 is 0. The number of azide groups is 1. The quantitative estimate of drug-likeness (QED) is 0.159. The Bertz CT molecular complexity index is 1010. The Kier molecular flexibility index (Phi) is 9.01. The molecular formula is C24H29N3O5. The molecule has 0 saturated heterocycles. The zero-order chi connectivity index (χ0) is 23.6. The van der Waals surface area contributed by atoms with E-state index in [1.807, 2.05) is 12.1 Å². The monoisotopic (exact) mass is 439 g/mol. The summed E-state index contributed by atoms with van der Waals surface area (Å²) in [5.41, 5.74) is 8.55. The van der Waals surface area contributed by atoms with Crippen LogP contribution in [0.25, 0.3) is 16.0 Å². The van der Waals surface area contributed by atoms with E-state index < -0.39 is 5.60 Å². The summed E-state index contributed by atoms with van der Waals surface area (Å²) in [6.45, 7) is 4.58. The van der Waals surface area contributed by atoms with E-state index in [0.717, 1.165) is 0 Å². The molecule has 1 unspecified atom stereocenters. The fraction of sp³-hybridized carbons (Fsp3) is 0.333. The zero-order valence-electron chi connectivity index (χ0n) is 18.9. The van der Waals surface area contributed by atoms with Gasteiger partial charge in [-0.15, -0.1) is 0 Å². The van der Waals surface area contributed by atoms with E-state index in [1.54, 1.807) is 57.7 Å². The fourth-order valence-corrected chi connectivity index (χ4v) is 3.27. The number of rotatable bonds is 12. The van der Waals surface area contributed by atoms with Crippen LogP contribution in [0.2, 0.25) is 0 Å². The molecule has 0 aromatic heterocycles. The Morgan fingerprint density at radius 2 is 1.59 bits per heavy atom. The molecule has 0 spiro atoms. The predicted molar refractivity (Wildman–Crippen MR) is 124 cm³/mol. The molecule has 0 radical (unpaired) electrons. The van der Waals surface area contributed by atoms with Crippen molar-refractivity contribution in [2.24, 2.45) is 5.11 Å². The number of allylic oxidation sites excluding steroid dienone is 1. The lowest BCUT2D eigenvalue weighted by Crippen LogP contribution is -2.24. The number of hydrogen-bond acceptors (Lipinski definition) is 6. The van der Waals surface area contributed by atoms with Crippen LogP contribution in [0.4, 0.5) is 0 Å². The Hall–Kier alpha value is -3.61. The average molecular weight is 440 g/mol. The van der Waals surface area contributed by atoms with Gasteiger partial charge in [-0.25, -0.2) is 0 Å². The molecule has 0 aliphatic carbocycles. The maximum Gasteiger partial charge on any atom is 0.161 e. The van der Waals surface area contributed by atoms with Crippen LogP contribution >= 0.6 is 0 Å². The van der Waals surface area contributed by atoms with Crippen molar-refractivity contribution in [1.29, 1.82) is 0 Å². The minimum Gasteiger partial charge on any atom is -0.493 e. The minimum atomic E-state index is -1.54. The Balaban J connectivity index is 2.51. The second kappa shape index (κ2) is 11.7. The van der Waals surface area contributed by atoms with Gasteiger partial charge in [0.15, 0.2) is 23.0 Å². The lowest BCUT2D eigenvalue weighted by atomic mass is 9.82. The van der Waals surface area contributed by atoms with Crippen molar-refractivity contribution in [2.75, 3.05) is 35.0 Å². The lowest BCUT2D eigenvalue weighted by Gasteiger charge is -2.29. The molecule has 0 saturated carbocycles. The standard InChI is InChI=1S/C24H29N3O5/c1-17(18-9-11-20(29-2)22(15-18)31-4)24(28,13-7-6-8-14-26-27-25)19-10-12-21(30-3)23(16-19)32-5/h7,9-13,15-16,28H,1,6,8,14H2,2-5H3/b13-7-. The van der Waals surface area contributed by atoms with Gasteiger partial charge in [0.2, 0.25) is 0 Å². The van der Waals surface area contributed by atoms with Crippen molar-refractivity contribution >= 4 is 5.57 Å². The molecule has 0 aliphatic rings. The third-order valence-electron chi connectivity index (χ3n) is 5.07. The van der Waals surface area contributed by atoms with Crippen LogP contribution in [-0.2, 0) is 5.60 Å². The summed E-state index contributed by atoms with van der Waals surface area (Å²) in [6, 6.07) is 10.6. The van der Waals surface area contributed by atoms with Crippen molar-refractivity contribution in [3.8, 4) is 23.0 Å². The van der Waals surface area contributed by atoms with Crippen molar-refractivity contribution < 1.29 is 24.1 Å². The Labute approximate surface area is 188 Å². The highest BCUT2D eigenvalue weighted by atomic mass is 16.5. The van der Waals surface area contributed by atoms with Crippen LogP contribution in [-0.4, -0.2) is 40.1 Å². The number of methoxy groups -OCH3 is 4. The van der Waals surface area contributed by atoms with Gasteiger partial charge in [-0.1, -0.05) is 29.9 Å². The molecule has 8 nitrogen and oxygen atoms in total. The molecule has 32 heavy (non-hydrogen) atoms. The Morgan fingerprint density at radius 1 is 1.00 bits per heavy atom. The second-order valence-electron chi connectivity index (χ2n) is 6.88. The van der Waals surface area contributed by atoms with Gasteiger partial charge in [0.05, 0.1) is 28.4 Å². The third kappa shape index (κ3) is 5.55. The number of benzene rings is 2. The normalized spacial score (nSPS) is 12.5. The SMILES string of the molecule is C=C(c1ccc(OC)c(OC)c1)C(O)(/C=C\CCCN=[N+]=[N-])c1ccc(OC)c(OC)c1. The summed E-state index contributed by atoms with van der Waals surface area (Å²) in [5, 5.41) is 15.4. The summed E-state index contributed by atoms with van der Waals surface area (Å²) in [5.74, 6) is 2.14. The van der Waals surface area contributed by atoms with Crippen molar-refractivity contribution in [2.45, 2.75) is 18.4 Å². The first-order valence-electron chi connectivity index (χ1n) is 10.00. The van der Waals surface area contributed by atoms with E-state index >= 15 is 0 Å². The Morgan fingerprint density at radius 3 is 2.19 bits per heavy atom. The molecule has 2 rings (SSSR count). The average Bonchev–Trinajstić information content (AvgIpc) is 2.84. The van der Waals surface area contributed by atoms with E-state index in [-0.39, 0.29) is 0 Å². The van der Waals surface area contributed by atoms with Crippen LogP contribution in [0.3, 0.4) is 0 Å². The van der Waals surface area contributed by atoms with Crippen LogP contribution in [0, 0.1) is 0 Å². The van der Waals surface area contributed by atoms with Gasteiger partial charge in [-0.3, -0.25) is 0 Å². The summed E-state index contributed by atoms with van der Waals surface area (Å²) in [7, 11) is 6.20. The zero-order valence-corrected chi connectivity index (χ0v) is 18.9. The number of nitrogens with zero attached hydrogens (tertiary/aromatic N) is 3. The van der Waals surface area contributed by atoms with E-state index in [2.05, 4.69) is 16.6 Å². The molecule has 0 heterocycles. The highest BCUT2D eigenvalue weighted by molar-refractivity contribution is 5.76. The first-order valence-corrected chi connectivity index (χ1v) is 10.00. The smallest absolute Gasteiger partial charge is 0.161 e. The predicted octanol–water partition coefficient (Wildman–Crippen LogP) is 5.27. The molecule has 2 aromatic rings. The van der Waals surface area contributed by atoms with E-state index in [1.165, 1.54) is 7.11 Å². The molecular weight excluding hydrogens is 410 g/mol. The number of unbranched alkanes of at least 4 members (excludes halogenated alkanes) is 1. The number of hydrogen-bond donors (Lipinski definition) is 1. The van der Waals surface area contributed by atoms with E-state index in [9.17, 15) is 5.11 Å². The molecule has 170 valence electrons. The van der Waals surface area contributed by atoms with Gasteiger partial charge in [0.1, 0.15) is 5.60 Å². The first-order chi connectivity index (χ1) is 15.4. The van der Waals surface area contributed by atoms with Gasteiger partial charge in [0.25, 0.3) is 0 Å². The van der Waals surface area contributed by atoms with Gasteiger partial charge < -0.3 is 24.1 Å². The maximum absolute atomic E-state index is 11.8. The maximum atomic E-state index is 11.8. The molecule has 0 bridgehead atoms. The summed E-state index contributed by atoms with van der Waals surface area (Å²) in [6.07, 6.45) is 4.80. The number of ether oxygens (including phenoxy) is 4. The highest BCUT2D eigenvalue weighted by Crippen LogP contribution is 2.42. The van der Waals surface area contributed by atoms with Gasteiger partial charge >= 0.3 is 0 Å². The largest absolute Gasteiger partial charge is 0.493 e. The fourth-order valence-electron chi connectivity index (χ4n) is 3.27. The van der Waals surface area contributed by atoms with Crippen LogP contribution in [0.1, 0.15) is 24.0 Å². The molecule has 0 aliphatic heterocycles. The van der Waals surface area contributed by atoms with Crippen LogP contribution in [0.15, 0.2) is 60.2 Å². The third-order valence-corrected chi connectivity index (χ3v) is 5.07. The van der Waals surface area contributed by atoms with Crippen molar-refractivity contribution in [3.63, 3.8) is 0 Å².